The molecule has 0 heterocycles. The van der Waals surface area contributed by atoms with Gasteiger partial charge in [-0.05, 0) is 31.2 Å². The zero-order valence-electron chi connectivity index (χ0n) is 13.6. The Morgan fingerprint density at radius 3 is 2.57 bits per heavy atom. The van der Waals surface area contributed by atoms with Crippen molar-refractivity contribution in [2.24, 2.45) is 0 Å². The maximum absolute atomic E-state index is 13.0. The number of nitrogens with zero attached hydrogens (tertiary/aromatic N) is 1. The predicted molar refractivity (Wildman–Crippen MR) is 86.0 cm³/mol. The van der Waals surface area contributed by atoms with Gasteiger partial charge in [-0.15, -0.1) is 0 Å². The van der Waals surface area contributed by atoms with Crippen molar-refractivity contribution in [2.75, 3.05) is 40.4 Å². The van der Waals surface area contributed by atoms with E-state index < -0.39 is 0 Å². The van der Waals surface area contributed by atoms with Crippen LogP contribution >= 0.6 is 0 Å². The number of halogens is 1. The van der Waals surface area contributed by atoms with Gasteiger partial charge in [-0.3, -0.25) is 0 Å². The summed E-state index contributed by atoms with van der Waals surface area (Å²) < 4.78 is 18.1. The Morgan fingerprint density at radius 2 is 1.95 bits per heavy atom. The van der Waals surface area contributed by atoms with Gasteiger partial charge in [0, 0.05) is 32.8 Å². The molecule has 1 rings (SSSR count). The molecule has 0 fully saturated rings. The van der Waals surface area contributed by atoms with E-state index in [1.54, 1.807) is 19.2 Å². The van der Waals surface area contributed by atoms with Crippen LogP contribution in [-0.4, -0.2) is 45.3 Å². The van der Waals surface area contributed by atoms with Crippen LogP contribution < -0.4 is 5.32 Å². The van der Waals surface area contributed by atoms with E-state index in [4.69, 9.17) is 4.74 Å². The molecule has 21 heavy (non-hydrogen) atoms. The van der Waals surface area contributed by atoms with Crippen molar-refractivity contribution in [1.82, 2.24) is 10.2 Å². The molecule has 1 aromatic rings. The third-order valence-electron chi connectivity index (χ3n) is 3.68. The number of likely N-dealkylation sites (N-methyl/N-ethyl adjacent to an activating group) is 1. The van der Waals surface area contributed by atoms with Crippen LogP contribution in [0.5, 0.6) is 0 Å². The maximum Gasteiger partial charge on any atom is 0.123 e. The molecule has 0 bridgehead atoms. The summed E-state index contributed by atoms with van der Waals surface area (Å²) in [5, 5.41) is 3.59. The number of hydrogen-bond donors (Lipinski definition) is 1. The lowest BCUT2D eigenvalue weighted by atomic mass is 10.0. The Kier molecular flexibility index (Phi) is 9.22. The monoisotopic (exact) mass is 296 g/mol. The first-order valence-electron chi connectivity index (χ1n) is 7.83. The number of benzene rings is 1. The van der Waals surface area contributed by atoms with Crippen LogP contribution in [0.25, 0.3) is 0 Å². The summed E-state index contributed by atoms with van der Waals surface area (Å²) >= 11 is 0. The van der Waals surface area contributed by atoms with Gasteiger partial charge in [0.05, 0.1) is 6.61 Å². The number of ether oxygens (including phenoxy) is 1. The van der Waals surface area contributed by atoms with Crippen LogP contribution in [0.3, 0.4) is 0 Å². The molecule has 0 saturated heterocycles. The lowest BCUT2D eigenvalue weighted by molar-refractivity contribution is 0.161. The molecule has 120 valence electrons. The number of hydrogen-bond acceptors (Lipinski definition) is 3. The Labute approximate surface area is 128 Å². The highest BCUT2D eigenvalue weighted by atomic mass is 19.1. The highest BCUT2D eigenvalue weighted by molar-refractivity contribution is 5.19. The minimum absolute atomic E-state index is 0.174. The molecule has 3 nitrogen and oxygen atoms in total. The average Bonchev–Trinajstić information content (AvgIpc) is 2.49. The Hall–Kier alpha value is -0.970. The smallest absolute Gasteiger partial charge is 0.123 e. The summed E-state index contributed by atoms with van der Waals surface area (Å²) in [6.07, 6.45) is 3.44. The van der Waals surface area contributed by atoms with Crippen molar-refractivity contribution in [3.63, 3.8) is 0 Å². The molecule has 0 aromatic heterocycles. The molecule has 0 aliphatic carbocycles. The van der Waals surface area contributed by atoms with E-state index in [1.807, 2.05) is 12.1 Å². The van der Waals surface area contributed by atoms with Gasteiger partial charge in [-0.2, -0.15) is 0 Å². The first-order valence-corrected chi connectivity index (χ1v) is 7.83. The number of methoxy groups -OCH3 is 1. The highest BCUT2D eigenvalue weighted by Crippen LogP contribution is 2.19. The van der Waals surface area contributed by atoms with E-state index in [-0.39, 0.29) is 5.82 Å². The van der Waals surface area contributed by atoms with E-state index >= 15 is 0 Å². The van der Waals surface area contributed by atoms with Gasteiger partial charge in [0.2, 0.25) is 0 Å². The molecule has 0 spiro atoms. The number of rotatable bonds is 11. The van der Waals surface area contributed by atoms with Gasteiger partial charge in [-0.25, -0.2) is 4.39 Å². The third-order valence-corrected chi connectivity index (χ3v) is 3.68. The van der Waals surface area contributed by atoms with Crippen molar-refractivity contribution in [1.29, 1.82) is 0 Å². The summed E-state index contributed by atoms with van der Waals surface area (Å²) in [6.45, 7) is 5.79. The maximum atomic E-state index is 13.0. The quantitative estimate of drug-likeness (QED) is 0.678. The van der Waals surface area contributed by atoms with Gasteiger partial charge < -0.3 is 15.0 Å². The normalized spacial score (nSPS) is 12.8. The number of unbranched alkanes of at least 4 members (excludes halogenated alkanes) is 1. The van der Waals surface area contributed by atoms with Gasteiger partial charge >= 0.3 is 0 Å². The Balaban J connectivity index is 2.44. The molecular weight excluding hydrogens is 267 g/mol. The van der Waals surface area contributed by atoms with E-state index in [9.17, 15) is 4.39 Å². The van der Waals surface area contributed by atoms with Crippen molar-refractivity contribution in [2.45, 2.75) is 32.2 Å². The van der Waals surface area contributed by atoms with Crippen LogP contribution in [0, 0.1) is 5.82 Å². The van der Waals surface area contributed by atoms with E-state index in [0.29, 0.717) is 6.04 Å². The Bertz CT molecular complexity index is 370. The average molecular weight is 296 g/mol. The fourth-order valence-corrected chi connectivity index (χ4v) is 2.28. The van der Waals surface area contributed by atoms with Gasteiger partial charge in [-0.1, -0.05) is 31.9 Å². The number of nitrogens with one attached hydrogen (secondary N) is 1. The minimum Gasteiger partial charge on any atom is -0.383 e. The van der Waals surface area contributed by atoms with Crippen molar-refractivity contribution >= 4 is 0 Å². The molecule has 4 heteroatoms. The van der Waals surface area contributed by atoms with Crippen LogP contribution in [-0.2, 0) is 4.74 Å². The van der Waals surface area contributed by atoms with Gasteiger partial charge in [0.25, 0.3) is 0 Å². The fourth-order valence-electron chi connectivity index (χ4n) is 2.28. The third kappa shape index (κ3) is 7.55. The van der Waals surface area contributed by atoms with E-state index in [1.165, 1.54) is 18.4 Å². The summed E-state index contributed by atoms with van der Waals surface area (Å²) in [4.78, 5) is 2.25. The zero-order chi connectivity index (χ0) is 15.5. The molecule has 0 aliphatic rings. The standard InChI is InChI=1S/C17H29FN2O/c1-4-5-6-17(15-7-9-16(18)10-8-15)19-11-12-20(2)13-14-21-3/h7-10,17,19H,4-6,11-14H2,1-3H3. The highest BCUT2D eigenvalue weighted by Gasteiger charge is 2.10. The van der Waals surface area contributed by atoms with Crippen LogP contribution in [0.4, 0.5) is 4.39 Å². The molecule has 0 radical (unpaired) electrons. The SMILES string of the molecule is CCCCC(NCCN(C)CCOC)c1ccc(F)cc1. The van der Waals surface area contributed by atoms with E-state index in [0.717, 1.165) is 32.7 Å². The van der Waals surface area contributed by atoms with E-state index in [2.05, 4.69) is 24.2 Å². The summed E-state index contributed by atoms with van der Waals surface area (Å²) in [7, 11) is 3.82. The first kappa shape index (κ1) is 18.1. The van der Waals surface area contributed by atoms with Gasteiger partial charge in [0.1, 0.15) is 5.82 Å². The second kappa shape index (κ2) is 10.7. The predicted octanol–water partition coefficient (Wildman–Crippen LogP) is 3.22. The first-order chi connectivity index (χ1) is 10.2. The second-order valence-electron chi connectivity index (χ2n) is 5.50. The molecule has 1 aromatic carbocycles. The molecule has 1 unspecified atom stereocenters. The molecule has 1 atom stereocenters. The lowest BCUT2D eigenvalue weighted by Crippen LogP contribution is -2.33. The van der Waals surface area contributed by atoms with Crippen molar-refractivity contribution in [3.8, 4) is 0 Å². The van der Waals surface area contributed by atoms with Crippen LogP contribution in [0.1, 0.15) is 37.8 Å². The van der Waals surface area contributed by atoms with Crippen molar-refractivity contribution < 1.29 is 9.13 Å². The minimum atomic E-state index is -0.174. The molecular formula is C17H29FN2O. The van der Waals surface area contributed by atoms with Gasteiger partial charge in [0.15, 0.2) is 0 Å². The van der Waals surface area contributed by atoms with Crippen molar-refractivity contribution in [3.05, 3.63) is 35.6 Å². The molecule has 0 amide bonds. The summed E-state index contributed by atoms with van der Waals surface area (Å²) in [6, 6.07) is 7.16. The summed E-state index contributed by atoms with van der Waals surface area (Å²) in [5.74, 6) is -0.174. The largest absolute Gasteiger partial charge is 0.383 e. The second-order valence-corrected chi connectivity index (χ2v) is 5.50. The zero-order valence-corrected chi connectivity index (χ0v) is 13.6. The topological polar surface area (TPSA) is 24.5 Å². The molecule has 0 saturated carbocycles. The fraction of sp³-hybridized carbons (Fsp3) is 0.647. The lowest BCUT2D eigenvalue weighted by Gasteiger charge is -2.22. The van der Waals surface area contributed by atoms with Crippen LogP contribution in [0.15, 0.2) is 24.3 Å². The Morgan fingerprint density at radius 1 is 1.24 bits per heavy atom. The summed E-state index contributed by atoms with van der Waals surface area (Å²) in [5.41, 5.74) is 1.17. The molecule has 1 N–H and O–H groups in total. The molecule has 0 aliphatic heterocycles. The van der Waals surface area contributed by atoms with Crippen LogP contribution in [0.2, 0.25) is 0 Å².